The van der Waals surface area contributed by atoms with E-state index >= 15 is 0 Å². The Kier molecular flexibility index (Phi) is 13.9. The van der Waals surface area contributed by atoms with Gasteiger partial charge in [0.15, 0.2) is 0 Å². The summed E-state index contributed by atoms with van der Waals surface area (Å²) in [5.74, 6) is -1.74. The lowest BCUT2D eigenvalue weighted by molar-refractivity contribution is -0.150. The molecule has 0 unspecified atom stereocenters. The lowest BCUT2D eigenvalue weighted by Gasteiger charge is -2.32. The molecule has 0 saturated carbocycles. The number of cyclic esters (lactones) is 1. The monoisotopic (exact) mass is 585 g/mol. The van der Waals surface area contributed by atoms with Crippen LogP contribution in [0, 0.1) is 29.1 Å². The van der Waals surface area contributed by atoms with E-state index in [9.17, 15) is 19.8 Å². The Morgan fingerprint density at radius 1 is 1.26 bits per heavy atom. The largest absolute Gasteiger partial charge is 0.469 e. The van der Waals surface area contributed by atoms with E-state index in [2.05, 4.69) is 0 Å². The first kappa shape index (κ1) is 35.2. The predicted molar refractivity (Wildman–Crippen MR) is 159 cm³/mol. The Bertz CT molecular complexity index is 1120. The Hall–Kier alpha value is -3.03. The maximum absolute atomic E-state index is 13.0. The van der Waals surface area contributed by atoms with Gasteiger partial charge in [-0.05, 0) is 50.7 Å². The summed E-state index contributed by atoms with van der Waals surface area (Å²) in [4.78, 5) is 25.0. The van der Waals surface area contributed by atoms with Crippen LogP contribution in [-0.4, -0.2) is 72.5 Å². The van der Waals surface area contributed by atoms with Crippen LogP contribution < -0.4 is 0 Å². The van der Waals surface area contributed by atoms with Crippen LogP contribution in [0.5, 0.6) is 0 Å². The average molecular weight is 586 g/mol. The van der Waals surface area contributed by atoms with Crippen molar-refractivity contribution >= 4 is 11.9 Å². The van der Waals surface area contributed by atoms with Crippen LogP contribution >= 0.6 is 0 Å². The van der Waals surface area contributed by atoms with Gasteiger partial charge in [-0.3, -0.25) is 4.79 Å². The van der Waals surface area contributed by atoms with Gasteiger partial charge in [0.25, 0.3) is 0 Å². The first-order valence-electron chi connectivity index (χ1n) is 14.5. The van der Waals surface area contributed by atoms with Crippen molar-refractivity contribution in [2.45, 2.75) is 96.4 Å². The zero-order valence-electron chi connectivity index (χ0n) is 25.9. The molecule has 0 aromatic carbocycles. The summed E-state index contributed by atoms with van der Waals surface area (Å²) in [5.41, 5.74) is 0.822. The van der Waals surface area contributed by atoms with Crippen LogP contribution in [0.2, 0.25) is 0 Å². The summed E-state index contributed by atoms with van der Waals surface area (Å²) < 4.78 is 22.4. The van der Waals surface area contributed by atoms with Gasteiger partial charge < -0.3 is 29.2 Å². The van der Waals surface area contributed by atoms with Gasteiger partial charge in [-0.1, -0.05) is 50.3 Å². The number of esters is 2. The van der Waals surface area contributed by atoms with E-state index in [1.165, 1.54) is 19.3 Å². The molecule has 2 N–H and O–H groups in total. The Morgan fingerprint density at radius 2 is 1.98 bits per heavy atom. The minimum absolute atomic E-state index is 0.112. The lowest BCUT2D eigenvalue weighted by Crippen LogP contribution is -2.41. The van der Waals surface area contributed by atoms with Crippen LogP contribution in [0.15, 0.2) is 59.8 Å². The zero-order valence-corrected chi connectivity index (χ0v) is 25.9. The van der Waals surface area contributed by atoms with Crippen molar-refractivity contribution in [2.24, 2.45) is 17.8 Å². The molecule has 0 radical (unpaired) electrons. The highest BCUT2D eigenvalue weighted by molar-refractivity contribution is 5.82. The number of epoxide rings is 1. The number of hydrogen-bond donors (Lipinski definition) is 2. The Labute approximate surface area is 250 Å². The normalized spacial score (nSPS) is 34.4. The summed E-state index contributed by atoms with van der Waals surface area (Å²) in [7, 11) is 2.91. The second-order valence-corrected chi connectivity index (χ2v) is 11.6. The van der Waals surface area contributed by atoms with E-state index in [4.69, 9.17) is 24.2 Å². The minimum Gasteiger partial charge on any atom is -0.469 e. The SMILES string of the molecule is COC(=O)C[C@@H]1C/C=C/C(=O)O[C@H]([C@H](C)[C@@H](OC)/C(C)=C/C=C/C(C)=C/C#N)C[C@H](O)[C@]2(C)O[C@@H]2/C=C/[C@@H](C)[C@H](O)C1. The predicted octanol–water partition coefficient (Wildman–Crippen LogP) is 4.51. The van der Waals surface area contributed by atoms with Crippen LogP contribution in [0.1, 0.15) is 60.3 Å². The van der Waals surface area contributed by atoms with Crippen LogP contribution in [0.25, 0.3) is 0 Å². The first-order valence-corrected chi connectivity index (χ1v) is 14.5. The Morgan fingerprint density at radius 3 is 2.62 bits per heavy atom. The molecule has 0 aliphatic carbocycles. The molecule has 1 fully saturated rings. The van der Waals surface area contributed by atoms with E-state index in [1.54, 1.807) is 13.2 Å². The van der Waals surface area contributed by atoms with E-state index in [0.29, 0.717) is 12.8 Å². The lowest BCUT2D eigenvalue weighted by atomic mass is 9.85. The van der Waals surface area contributed by atoms with Crippen molar-refractivity contribution in [1.29, 1.82) is 5.26 Å². The molecular formula is C33H47NO8. The van der Waals surface area contributed by atoms with E-state index in [1.807, 2.05) is 71.1 Å². The molecule has 1 saturated heterocycles. The van der Waals surface area contributed by atoms with Crippen molar-refractivity contribution in [1.82, 2.24) is 0 Å². The molecule has 0 bridgehead atoms. The number of hydrogen-bond acceptors (Lipinski definition) is 9. The summed E-state index contributed by atoms with van der Waals surface area (Å²) in [6.45, 7) is 9.35. The highest BCUT2D eigenvalue weighted by Gasteiger charge is 2.56. The highest BCUT2D eigenvalue weighted by Crippen LogP contribution is 2.43. The van der Waals surface area contributed by atoms with Crippen molar-refractivity contribution in [3.8, 4) is 6.07 Å². The van der Waals surface area contributed by atoms with Gasteiger partial charge in [0.1, 0.15) is 17.8 Å². The molecule has 9 heteroatoms. The number of nitrogens with zero attached hydrogens (tertiary/aromatic N) is 1. The quantitative estimate of drug-likeness (QED) is 0.138. The van der Waals surface area contributed by atoms with E-state index in [0.717, 1.165) is 11.1 Å². The number of aliphatic hydroxyl groups is 2. The van der Waals surface area contributed by atoms with Gasteiger partial charge in [0, 0.05) is 43.9 Å². The third kappa shape index (κ3) is 10.4. The van der Waals surface area contributed by atoms with E-state index < -0.39 is 36.0 Å². The second kappa shape index (κ2) is 16.6. The second-order valence-electron chi connectivity index (χ2n) is 11.6. The van der Waals surface area contributed by atoms with Gasteiger partial charge in [-0.2, -0.15) is 5.26 Å². The molecule has 0 aromatic rings. The zero-order chi connectivity index (χ0) is 31.4. The molecular weight excluding hydrogens is 538 g/mol. The third-order valence-electron chi connectivity index (χ3n) is 8.23. The summed E-state index contributed by atoms with van der Waals surface area (Å²) >= 11 is 0. The molecule has 2 rings (SSSR count). The molecule has 2 heterocycles. The van der Waals surface area contributed by atoms with Gasteiger partial charge in [-0.15, -0.1) is 0 Å². The number of allylic oxidation sites excluding steroid dienone is 6. The van der Waals surface area contributed by atoms with E-state index in [-0.39, 0.29) is 42.7 Å². The Balaban J connectivity index is 2.35. The van der Waals surface area contributed by atoms with Crippen molar-refractivity contribution in [3.05, 3.63) is 59.8 Å². The fourth-order valence-corrected chi connectivity index (χ4v) is 5.26. The molecule has 0 amide bonds. The molecule has 42 heavy (non-hydrogen) atoms. The van der Waals surface area contributed by atoms with Crippen LogP contribution in [0.3, 0.4) is 0 Å². The van der Waals surface area contributed by atoms with Gasteiger partial charge in [-0.25, -0.2) is 4.79 Å². The van der Waals surface area contributed by atoms with Gasteiger partial charge in [0.05, 0.1) is 31.5 Å². The van der Waals surface area contributed by atoms with Gasteiger partial charge in [0.2, 0.25) is 0 Å². The number of rotatable bonds is 8. The number of carbonyl (C=O) groups excluding carboxylic acids is 2. The molecule has 2 aliphatic rings. The number of fused-ring (bicyclic) bond motifs is 1. The van der Waals surface area contributed by atoms with Crippen molar-refractivity contribution in [3.63, 3.8) is 0 Å². The third-order valence-corrected chi connectivity index (χ3v) is 8.23. The molecule has 9 nitrogen and oxygen atoms in total. The van der Waals surface area contributed by atoms with Gasteiger partial charge >= 0.3 is 11.9 Å². The topological polar surface area (TPSA) is 139 Å². The summed E-state index contributed by atoms with van der Waals surface area (Å²) in [6, 6.07) is 2.00. The smallest absolute Gasteiger partial charge is 0.330 e. The van der Waals surface area contributed by atoms with Crippen LogP contribution in [0.4, 0.5) is 0 Å². The maximum Gasteiger partial charge on any atom is 0.330 e. The fraction of sp³-hybridized carbons (Fsp3) is 0.606. The molecule has 0 aromatic heterocycles. The summed E-state index contributed by atoms with van der Waals surface area (Å²) in [6.07, 6.45) is 11.5. The average Bonchev–Trinajstić information content (AvgIpc) is 3.61. The fourth-order valence-electron chi connectivity index (χ4n) is 5.26. The number of carbonyl (C=O) groups is 2. The maximum atomic E-state index is 13.0. The number of methoxy groups -OCH3 is 2. The summed E-state index contributed by atoms with van der Waals surface area (Å²) in [5, 5.41) is 30.8. The molecule has 2 aliphatic heterocycles. The first-order chi connectivity index (χ1) is 19.9. The molecule has 9 atom stereocenters. The number of ether oxygens (including phenoxy) is 4. The standard InChI is InChI=1S/C33H47NO8/c1-21(16-17-34)10-8-11-23(3)32(40-7)24(4)27-20-28(36)33(5)29(42-33)15-14-22(2)26(35)18-25(19-31(38)39-6)12-9-13-30(37)41-27/h8-11,13-16,22,24-29,32,35-36H,12,18-20H2,1-7H3/b10-8+,13-9+,15-14+,21-16+,23-11+/t22-,24+,25-,26-,27+,28+,29-,32+,33+/m1/s1. The molecule has 232 valence electrons. The van der Waals surface area contributed by atoms with Crippen LogP contribution in [-0.2, 0) is 28.5 Å². The molecule has 0 spiro atoms. The highest BCUT2D eigenvalue weighted by atomic mass is 16.6. The minimum atomic E-state index is -0.936. The van der Waals surface area contributed by atoms with Crippen molar-refractivity contribution in [2.75, 3.05) is 14.2 Å². The van der Waals surface area contributed by atoms with Crippen molar-refractivity contribution < 1.29 is 38.7 Å². The number of aliphatic hydroxyl groups excluding tert-OH is 2. The number of nitriles is 1.